The van der Waals surface area contributed by atoms with E-state index in [-0.39, 0.29) is 36.6 Å². The summed E-state index contributed by atoms with van der Waals surface area (Å²) in [5.74, 6) is -1.32. The third-order valence-corrected chi connectivity index (χ3v) is 4.52. The summed E-state index contributed by atoms with van der Waals surface area (Å²) in [5.41, 5.74) is 1.01. The average Bonchev–Trinajstić information content (AvgIpc) is 2.70. The van der Waals surface area contributed by atoms with Crippen molar-refractivity contribution >= 4 is 22.7 Å². The number of hydrogen-bond acceptors (Lipinski definition) is 6. The third-order valence-electron chi connectivity index (χ3n) is 4.52. The Morgan fingerprint density at radius 1 is 1.07 bits per heavy atom. The lowest BCUT2D eigenvalue weighted by Crippen LogP contribution is -2.10. The molecule has 0 aliphatic heterocycles. The number of hydrogen-bond donors (Lipinski definition) is 1. The Hall–Kier alpha value is -3.48. The fourth-order valence-electron chi connectivity index (χ4n) is 2.94. The molecule has 0 saturated carbocycles. The SMILES string of the molecule is CCc1cc2c(COC(=O)CCC(=O)c3ccc(F)cc3)cc(=O)oc2cc1O. The number of halogens is 1. The number of phenols is 1. The molecule has 29 heavy (non-hydrogen) atoms. The highest BCUT2D eigenvalue weighted by atomic mass is 19.1. The van der Waals surface area contributed by atoms with Crippen LogP contribution in [-0.4, -0.2) is 16.9 Å². The van der Waals surface area contributed by atoms with E-state index in [4.69, 9.17) is 9.15 Å². The monoisotopic (exact) mass is 398 g/mol. The Morgan fingerprint density at radius 2 is 1.79 bits per heavy atom. The number of ether oxygens (including phenoxy) is 1. The molecule has 1 aromatic heterocycles. The summed E-state index contributed by atoms with van der Waals surface area (Å²) in [7, 11) is 0. The number of fused-ring (bicyclic) bond motifs is 1. The zero-order valence-electron chi connectivity index (χ0n) is 15.7. The van der Waals surface area contributed by atoms with Gasteiger partial charge in [0.2, 0.25) is 0 Å². The van der Waals surface area contributed by atoms with E-state index in [1.807, 2.05) is 6.92 Å². The molecule has 3 rings (SSSR count). The maximum Gasteiger partial charge on any atom is 0.336 e. The smallest absolute Gasteiger partial charge is 0.336 e. The van der Waals surface area contributed by atoms with Crippen LogP contribution in [0.25, 0.3) is 11.0 Å². The second-order valence-electron chi connectivity index (χ2n) is 6.51. The summed E-state index contributed by atoms with van der Waals surface area (Å²) < 4.78 is 23.2. The van der Waals surface area contributed by atoms with Crippen LogP contribution in [0.4, 0.5) is 4.39 Å². The van der Waals surface area contributed by atoms with Gasteiger partial charge < -0.3 is 14.3 Å². The minimum atomic E-state index is -0.626. The molecule has 0 atom stereocenters. The molecule has 0 amide bonds. The molecular formula is C22H19FO6. The number of benzene rings is 2. The van der Waals surface area contributed by atoms with Crippen molar-refractivity contribution in [2.24, 2.45) is 0 Å². The summed E-state index contributed by atoms with van der Waals surface area (Å²) in [6, 6.07) is 9.37. The number of aryl methyl sites for hydroxylation is 1. The van der Waals surface area contributed by atoms with Crippen LogP contribution >= 0.6 is 0 Å². The number of carbonyl (C=O) groups is 2. The van der Waals surface area contributed by atoms with Gasteiger partial charge in [-0.05, 0) is 42.3 Å². The van der Waals surface area contributed by atoms with Crippen LogP contribution < -0.4 is 5.63 Å². The van der Waals surface area contributed by atoms with Gasteiger partial charge in [-0.1, -0.05) is 6.92 Å². The summed E-state index contributed by atoms with van der Waals surface area (Å²) in [6.45, 7) is 1.71. The minimum absolute atomic E-state index is 0.0246. The van der Waals surface area contributed by atoms with Gasteiger partial charge in [0.25, 0.3) is 0 Å². The summed E-state index contributed by atoms with van der Waals surface area (Å²) in [6.07, 6.45) is 0.359. The van der Waals surface area contributed by atoms with Gasteiger partial charge in [-0.3, -0.25) is 9.59 Å². The van der Waals surface area contributed by atoms with Gasteiger partial charge in [0.05, 0.1) is 6.42 Å². The molecule has 0 fully saturated rings. The first-order valence-corrected chi connectivity index (χ1v) is 9.10. The first-order valence-electron chi connectivity index (χ1n) is 9.10. The van der Waals surface area contributed by atoms with Crippen molar-refractivity contribution in [3.8, 4) is 5.75 Å². The van der Waals surface area contributed by atoms with Crippen LogP contribution in [0, 0.1) is 5.82 Å². The van der Waals surface area contributed by atoms with E-state index < -0.39 is 17.4 Å². The number of phenolic OH excluding ortho intramolecular Hbond substituents is 1. The van der Waals surface area contributed by atoms with Crippen molar-refractivity contribution in [3.05, 3.63) is 75.4 Å². The lowest BCUT2D eigenvalue weighted by atomic mass is 10.0. The molecule has 1 heterocycles. The van der Waals surface area contributed by atoms with Crippen molar-refractivity contribution < 1.29 is 28.2 Å². The molecule has 0 radical (unpaired) electrons. The van der Waals surface area contributed by atoms with Gasteiger partial charge >= 0.3 is 11.6 Å². The largest absolute Gasteiger partial charge is 0.508 e. The summed E-state index contributed by atoms with van der Waals surface area (Å²) in [4.78, 5) is 35.8. The molecule has 0 spiro atoms. The molecular weight excluding hydrogens is 379 g/mol. The lowest BCUT2D eigenvalue weighted by molar-refractivity contribution is -0.144. The van der Waals surface area contributed by atoms with Crippen LogP contribution in [0.5, 0.6) is 5.75 Å². The molecule has 6 nitrogen and oxygen atoms in total. The van der Waals surface area contributed by atoms with Gasteiger partial charge in [0.1, 0.15) is 23.8 Å². The van der Waals surface area contributed by atoms with E-state index in [1.165, 1.54) is 36.4 Å². The predicted molar refractivity (Wildman–Crippen MR) is 103 cm³/mol. The Labute approximate surface area is 165 Å². The van der Waals surface area contributed by atoms with Gasteiger partial charge in [-0.25, -0.2) is 9.18 Å². The molecule has 0 saturated heterocycles. The van der Waals surface area contributed by atoms with Crippen LogP contribution in [0.15, 0.2) is 51.7 Å². The first kappa shape index (κ1) is 20.3. The maximum absolute atomic E-state index is 12.9. The Kier molecular flexibility index (Phi) is 6.07. The zero-order valence-corrected chi connectivity index (χ0v) is 15.7. The van der Waals surface area contributed by atoms with Crippen molar-refractivity contribution in [3.63, 3.8) is 0 Å². The van der Waals surface area contributed by atoms with E-state index in [1.54, 1.807) is 6.07 Å². The van der Waals surface area contributed by atoms with E-state index in [9.17, 15) is 23.9 Å². The first-order chi connectivity index (χ1) is 13.9. The van der Waals surface area contributed by atoms with Gasteiger partial charge in [-0.15, -0.1) is 0 Å². The van der Waals surface area contributed by atoms with E-state index in [2.05, 4.69) is 0 Å². The van der Waals surface area contributed by atoms with Crippen molar-refractivity contribution in [1.82, 2.24) is 0 Å². The topological polar surface area (TPSA) is 93.8 Å². The quantitative estimate of drug-likeness (QED) is 0.368. The standard InChI is InChI=1S/C22H19FO6/c1-2-13-9-17-15(10-22(27)29-20(17)11-19(13)25)12-28-21(26)8-7-18(24)14-3-5-16(23)6-4-14/h3-6,9-11,25H,2,7-8,12H2,1H3. The fraction of sp³-hybridized carbons (Fsp3) is 0.227. The molecule has 0 aliphatic carbocycles. The van der Waals surface area contributed by atoms with Crippen molar-refractivity contribution in [2.45, 2.75) is 32.8 Å². The highest BCUT2D eigenvalue weighted by molar-refractivity contribution is 5.97. The number of ketones is 1. The Balaban J connectivity index is 1.66. The Bertz CT molecular complexity index is 1110. The Morgan fingerprint density at radius 3 is 2.48 bits per heavy atom. The third kappa shape index (κ3) is 4.87. The predicted octanol–water partition coefficient (Wildman–Crippen LogP) is 3.91. The number of aromatic hydroxyl groups is 1. The normalized spacial score (nSPS) is 10.8. The van der Waals surface area contributed by atoms with Crippen LogP contribution in [0.1, 0.15) is 41.3 Å². The lowest BCUT2D eigenvalue weighted by Gasteiger charge is -2.09. The molecule has 0 aliphatic rings. The second-order valence-corrected chi connectivity index (χ2v) is 6.51. The number of carbonyl (C=O) groups excluding carboxylic acids is 2. The highest BCUT2D eigenvalue weighted by Gasteiger charge is 2.14. The van der Waals surface area contributed by atoms with Crippen LogP contribution in [0.3, 0.4) is 0 Å². The van der Waals surface area contributed by atoms with Gasteiger partial charge in [0, 0.05) is 35.1 Å². The van der Waals surface area contributed by atoms with E-state index in [0.717, 1.165) is 0 Å². The molecule has 0 unspecified atom stereocenters. The molecule has 0 bridgehead atoms. The van der Waals surface area contributed by atoms with Crippen LogP contribution in [-0.2, 0) is 22.6 Å². The molecule has 1 N–H and O–H groups in total. The average molecular weight is 398 g/mol. The molecule has 3 aromatic rings. The number of rotatable bonds is 7. The van der Waals surface area contributed by atoms with Gasteiger partial charge in [0.15, 0.2) is 5.78 Å². The van der Waals surface area contributed by atoms with E-state index >= 15 is 0 Å². The number of Topliss-reactive ketones (excluding diaryl/α,β-unsaturated/α-hetero) is 1. The summed E-state index contributed by atoms with van der Waals surface area (Å²) >= 11 is 0. The highest BCUT2D eigenvalue weighted by Crippen LogP contribution is 2.27. The van der Waals surface area contributed by atoms with Gasteiger partial charge in [-0.2, -0.15) is 0 Å². The molecule has 7 heteroatoms. The molecule has 2 aromatic carbocycles. The van der Waals surface area contributed by atoms with Crippen molar-refractivity contribution in [2.75, 3.05) is 0 Å². The summed E-state index contributed by atoms with van der Waals surface area (Å²) in [5, 5.41) is 10.5. The van der Waals surface area contributed by atoms with E-state index in [0.29, 0.717) is 28.5 Å². The molecule has 150 valence electrons. The minimum Gasteiger partial charge on any atom is -0.508 e. The van der Waals surface area contributed by atoms with Crippen molar-refractivity contribution in [1.29, 1.82) is 0 Å². The maximum atomic E-state index is 12.9. The second kappa shape index (κ2) is 8.68. The number of esters is 1. The zero-order chi connectivity index (χ0) is 21.0. The fourth-order valence-corrected chi connectivity index (χ4v) is 2.94. The van der Waals surface area contributed by atoms with Crippen LogP contribution in [0.2, 0.25) is 0 Å².